The first-order valence-electron chi connectivity index (χ1n) is 5.48. The van der Waals surface area contributed by atoms with Crippen molar-refractivity contribution < 1.29 is 19.3 Å². The number of fused-ring (bicyclic) bond motifs is 3. The van der Waals surface area contributed by atoms with E-state index in [1.807, 2.05) is 18.2 Å². The summed E-state index contributed by atoms with van der Waals surface area (Å²) in [4.78, 5) is 10.9. The molecule has 0 radical (unpaired) electrons. The number of furan rings is 1. The molecule has 0 aliphatic rings. The van der Waals surface area contributed by atoms with Crippen molar-refractivity contribution in [1.82, 2.24) is 0 Å². The first-order chi connectivity index (χ1) is 8.72. The van der Waals surface area contributed by atoms with E-state index in [4.69, 9.17) is 4.42 Å². The summed E-state index contributed by atoms with van der Waals surface area (Å²) in [5.41, 5.74) is 1.32. The molecule has 2 aromatic carbocycles. The van der Waals surface area contributed by atoms with Gasteiger partial charge in [0.1, 0.15) is 17.5 Å². The number of para-hydroxylation sites is 1. The van der Waals surface area contributed by atoms with E-state index in [0.29, 0.717) is 17.5 Å². The second kappa shape index (κ2) is 3.98. The first kappa shape index (κ1) is 11.0. The van der Waals surface area contributed by atoms with Gasteiger partial charge in [-0.25, -0.2) is 0 Å². The van der Waals surface area contributed by atoms with E-state index in [1.54, 1.807) is 18.2 Å². The van der Waals surface area contributed by atoms with Gasteiger partial charge in [0, 0.05) is 21.8 Å². The lowest BCUT2D eigenvalue weighted by Gasteiger charge is -2.03. The van der Waals surface area contributed by atoms with Gasteiger partial charge >= 0.3 is 7.12 Å². The van der Waals surface area contributed by atoms with Gasteiger partial charge in [-0.3, -0.25) is 4.79 Å². The molecule has 2 N–H and O–H groups in total. The largest absolute Gasteiger partial charge is 0.493 e. The average Bonchev–Trinajstić information content (AvgIpc) is 2.75. The van der Waals surface area contributed by atoms with Gasteiger partial charge in [0.15, 0.2) is 0 Å². The zero-order valence-corrected chi connectivity index (χ0v) is 9.33. The lowest BCUT2D eigenvalue weighted by atomic mass is 9.76. The summed E-state index contributed by atoms with van der Waals surface area (Å²) >= 11 is 0. The quantitative estimate of drug-likeness (QED) is 0.519. The van der Waals surface area contributed by atoms with Crippen molar-refractivity contribution in [3.63, 3.8) is 0 Å². The Hall–Kier alpha value is -2.11. The number of benzene rings is 2. The van der Waals surface area contributed by atoms with Gasteiger partial charge in [0.25, 0.3) is 0 Å². The Kier molecular flexibility index (Phi) is 2.43. The molecule has 4 nitrogen and oxygen atoms in total. The summed E-state index contributed by atoms with van der Waals surface area (Å²) in [5.74, 6) is 0. The fraction of sp³-hybridized carbons (Fsp3) is 0. The maximum absolute atomic E-state index is 10.9. The summed E-state index contributed by atoms with van der Waals surface area (Å²) < 4.78 is 5.61. The van der Waals surface area contributed by atoms with E-state index in [-0.39, 0.29) is 11.0 Å². The Morgan fingerprint density at radius 1 is 1.06 bits per heavy atom. The topological polar surface area (TPSA) is 70.7 Å². The van der Waals surface area contributed by atoms with E-state index >= 15 is 0 Å². The number of carbonyl (C=O) groups is 1. The van der Waals surface area contributed by atoms with Crippen LogP contribution in [0.3, 0.4) is 0 Å². The minimum atomic E-state index is -1.74. The van der Waals surface area contributed by atoms with Crippen LogP contribution in [0.4, 0.5) is 0 Å². The van der Waals surface area contributed by atoms with Crippen molar-refractivity contribution >= 4 is 40.8 Å². The zero-order valence-electron chi connectivity index (χ0n) is 9.33. The molecule has 18 heavy (non-hydrogen) atoms. The van der Waals surface area contributed by atoms with E-state index in [9.17, 15) is 14.8 Å². The monoisotopic (exact) mass is 240 g/mol. The molecule has 0 unspecified atom stereocenters. The predicted octanol–water partition coefficient (Wildman–Crippen LogP) is 1.08. The number of rotatable bonds is 2. The van der Waals surface area contributed by atoms with Crippen LogP contribution in [-0.2, 0) is 0 Å². The molecular weight excluding hydrogens is 231 g/mol. The minimum absolute atomic E-state index is 0.110. The summed E-state index contributed by atoms with van der Waals surface area (Å²) in [6, 6.07) is 10.7. The number of hydrogen-bond donors (Lipinski definition) is 2. The molecule has 3 aromatic rings. The van der Waals surface area contributed by atoms with Crippen LogP contribution in [0.25, 0.3) is 21.9 Å². The van der Waals surface area contributed by atoms with E-state index in [0.717, 1.165) is 10.8 Å². The SMILES string of the molecule is O=Cc1ccc2c(oc3ccccc32)c1B(O)O. The highest BCUT2D eigenvalue weighted by Gasteiger charge is 2.23. The summed E-state index contributed by atoms with van der Waals surface area (Å²) in [7, 11) is -1.74. The summed E-state index contributed by atoms with van der Waals surface area (Å²) in [6.07, 6.45) is 0.585. The number of aldehydes is 1. The van der Waals surface area contributed by atoms with Gasteiger partial charge in [-0.15, -0.1) is 0 Å². The average molecular weight is 240 g/mol. The van der Waals surface area contributed by atoms with Crippen LogP contribution in [0, 0.1) is 0 Å². The highest BCUT2D eigenvalue weighted by molar-refractivity contribution is 6.63. The highest BCUT2D eigenvalue weighted by atomic mass is 16.4. The third-order valence-electron chi connectivity index (χ3n) is 3.00. The standard InChI is InChI=1S/C13H9BO4/c15-7-8-5-6-10-9-3-1-2-4-11(9)18-13(10)12(8)14(16)17/h1-7,16-17H. The fourth-order valence-corrected chi connectivity index (χ4v) is 2.19. The maximum Gasteiger partial charge on any atom is 0.493 e. The van der Waals surface area contributed by atoms with Gasteiger partial charge < -0.3 is 14.5 Å². The first-order valence-corrected chi connectivity index (χ1v) is 5.48. The van der Waals surface area contributed by atoms with Crippen molar-refractivity contribution in [3.05, 3.63) is 42.0 Å². The number of carbonyl (C=O) groups excluding carboxylic acids is 1. The Morgan fingerprint density at radius 3 is 2.56 bits per heavy atom. The second-order valence-corrected chi connectivity index (χ2v) is 4.03. The smallest absolute Gasteiger partial charge is 0.456 e. The van der Waals surface area contributed by atoms with Crippen LogP contribution in [0.2, 0.25) is 0 Å². The van der Waals surface area contributed by atoms with Gasteiger partial charge in [-0.2, -0.15) is 0 Å². The minimum Gasteiger partial charge on any atom is -0.456 e. The fourth-order valence-electron chi connectivity index (χ4n) is 2.19. The summed E-state index contributed by atoms with van der Waals surface area (Å²) in [6.45, 7) is 0. The molecule has 0 saturated heterocycles. The molecule has 88 valence electrons. The van der Waals surface area contributed by atoms with Gasteiger partial charge in [0.2, 0.25) is 0 Å². The second-order valence-electron chi connectivity index (χ2n) is 4.03. The molecule has 0 atom stereocenters. The molecule has 1 heterocycles. The number of hydrogen-bond acceptors (Lipinski definition) is 4. The molecule has 0 saturated carbocycles. The molecule has 0 aliphatic heterocycles. The van der Waals surface area contributed by atoms with Crippen molar-refractivity contribution in [3.8, 4) is 0 Å². The molecule has 0 amide bonds. The van der Waals surface area contributed by atoms with Gasteiger partial charge in [0.05, 0.1) is 0 Å². The van der Waals surface area contributed by atoms with Gasteiger partial charge in [-0.1, -0.05) is 24.3 Å². The van der Waals surface area contributed by atoms with Crippen LogP contribution in [0.15, 0.2) is 40.8 Å². The lowest BCUT2D eigenvalue weighted by Crippen LogP contribution is -2.33. The molecule has 0 fully saturated rings. The molecular formula is C13H9BO4. The molecule has 0 spiro atoms. The maximum atomic E-state index is 10.9. The zero-order chi connectivity index (χ0) is 12.7. The van der Waals surface area contributed by atoms with Crippen molar-refractivity contribution in [2.45, 2.75) is 0 Å². The van der Waals surface area contributed by atoms with Crippen LogP contribution in [0.1, 0.15) is 10.4 Å². The van der Waals surface area contributed by atoms with Crippen LogP contribution < -0.4 is 5.46 Å². The van der Waals surface area contributed by atoms with Crippen molar-refractivity contribution in [2.75, 3.05) is 0 Å². The Labute approximate surface area is 103 Å². The Bertz CT molecular complexity index is 745. The molecule has 3 rings (SSSR count). The van der Waals surface area contributed by atoms with Crippen molar-refractivity contribution in [2.24, 2.45) is 0 Å². The third-order valence-corrected chi connectivity index (χ3v) is 3.00. The Balaban J connectivity index is 2.51. The van der Waals surface area contributed by atoms with E-state index in [1.165, 1.54) is 0 Å². The van der Waals surface area contributed by atoms with Crippen LogP contribution >= 0.6 is 0 Å². The molecule has 5 heteroatoms. The Morgan fingerprint density at radius 2 is 1.83 bits per heavy atom. The lowest BCUT2D eigenvalue weighted by molar-refractivity contribution is 0.112. The van der Waals surface area contributed by atoms with E-state index in [2.05, 4.69) is 0 Å². The van der Waals surface area contributed by atoms with Crippen LogP contribution in [0.5, 0.6) is 0 Å². The summed E-state index contributed by atoms with van der Waals surface area (Å²) in [5, 5.41) is 20.4. The normalized spacial score (nSPS) is 11.0. The molecule has 0 bridgehead atoms. The predicted molar refractivity (Wildman–Crippen MR) is 68.9 cm³/mol. The van der Waals surface area contributed by atoms with Gasteiger partial charge in [-0.05, 0) is 12.1 Å². The molecule has 0 aliphatic carbocycles. The highest BCUT2D eigenvalue weighted by Crippen LogP contribution is 2.27. The van der Waals surface area contributed by atoms with Crippen LogP contribution in [-0.4, -0.2) is 23.5 Å². The third kappa shape index (κ3) is 1.45. The molecule has 1 aromatic heterocycles. The van der Waals surface area contributed by atoms with E-state index < -0.39 is 7.12 Å². The van der Waals surface area contributed by atoms with Crippen molar-refractivity contribution in [1.29, 1.82) is 0 Å².